The molecule has 0 aliphatic rings. The molecule has 0 aliphatic heterocycles. The van der Waals surface area contributed by atoms with Crippen LogP contribution in [0.3, 0.4) is 0 Å². The largest absolute Gasteiger partial charge is 0.264 e. The summed E-state index contributed by atoms with van der Waals surface area (Å²) in [6.07, 6.45) is 7.57. The van der Waals surface area contributed by atoms with Crippen molar-refractivity contribution >= 4 is 32.3 Å². The predicted molar refractivity (Wildman–Crippen MR) is 176 cm³/mol. The Bertz CT molecular complexity index is 2180. The molecule has 0 radical (unpaired) electrons. The van der Waals surface area contributed by atoms with Crippen LogP contribution in [0.4, 0.5) is 0 Å². The number of hydrogen-bond donors (Lipinski definition) is 0. The van der Waals surface area contributed by atoms with Gasteiger partial charge in [-0.1, -0.05) is 115 Å². The van der Waals surface area contributed by atoms with E-state index >= 15 is 0 Å². The monoisotopic (exact) mass is 534 g/mol. The third-order valence-corrected chi connectivity index (χ3v) is 8.21. The lowest BCUT2D eigenvalue weighted by atomic mass is 9.85. The second kappa shape index (κ2) is 10.1. The van der Waals surface area contributed by atoms with Gasteiger partial charge in [-0.3, -0.25) is 9.97 Å². The van der Waals surface area contributed by atoms with Crippen molar-refractivity contribution in [3.05, 3.63) is 158 Å². The first-order valence-electron chi connectivity index (χ1n) is 14.2. The highest BCUT2D eigenvalue weighted by atomic mass is 14.6. The molecule has 0 amide bonds. The van der Waals surface area contributed by atoms with Crippen molar-refractivity contribution in [2.75, 3.05) is 0 Å². The summed E-state index contributed by atoms with van der Waals surface area (Å²) < 4.78 is 0. The van der Waals surface area contributed by atoms with Gasteiger partial charge in [-0.15, -0.1) is 0 Å². The van der Waals surface area contributed by atoms with E-state index in [-0.39, 0.29) is 0 Å². The first-order valence-corrected chi connectivity index (χ1v) is 14.2. The van der Waals surface area contributed by atoms with E-state index in [9.17, 15) is 0 Å². The summed E-state index contributed by atoms with van der Waals surface area (Å²) in [4.78, 5) is 8.87. The Kier molecular flexibility index (Phi) is 5.82. The first kappa shape index (κ1) is 24.2. The van der Waals surface area contributed by atoms with E-state index in [1.165, 1.54) is 60.3 Å². The summed E-state index contributed by atoms with van der Waals surface area (Å²) in [5.41, 5.74) is 9.52. The van der Waals surface area contributed by atoms with Gasteiger partial charge in [0.25, 0.3) is 0 Å². The van der Waals surface area contributed by atoms with Gasteiger partial charge in [-0.2, -0.15) is 0 Å². The summed E-state index contributed by atoms with van der Waals surface area (Å²) in [5.74, 6) is 0. The van der Waals surface area contributed by atoms with Crippen molar-refractivity contribution in [3.8, 4) is 44.5 Å². The highest BCUT2D eigenvalue weighted by molar-refractivity contribution is 6.21. The molecule has 0 aliphatic carbocycles. The van der Waals surface area contributed by atoms with Gasteiger partial charge in [0, 0.05) is 41.3 Å². The molecule has 2 heteroatoms. The maximum atomic E-state index is 4.56. The van der Waals surface area contributed by atoms with Crippen LogP contribution in [0, 0.1) is 0 Å². The molecular formula is C40H26N2. The van der Waals surface area contributed by atoms with E-state index in [0.717, 1.165) is 16.5 Å². The minimum atomic E-state index is 1.07. The summed E-state index contributed by atoms with van der Waals surface area (Å²) in [6, 6.07) is 48.0. The highest BCUT2D eigenvalue weighted by Crippen LogP contribution is 2.44. The third kappa shape index (κ3) is 4.05. The van der Waals surface area contributed by atoms with Crippen LogP contribution in [0.5, 0.6) is 0 Å². The van der Waals surface area contributed by atoms with Crippen LogP contribution in [0.2, 0.25) is 0 Å². The quantitative estimate of drug-likeness (QED) is 0.210. The summed E-state index contributed by atoms with van der Waals surface area (Å²) >= 11 is 0. The zero-order chi connectivity index (χ0) is 27.9. The number of rotatable bonds is 4. The normalized spacial score (nSPS) is 11.3. The Hall–Kier alpha value is -5.60. The highest BCUT2D eigenvalue weighted by Gasteiger charge is 2.16. The summed E-state index contributed by atoms with van der Waals surface area (Å²) in [7, 11) is 0. The maximum absolute atomic E-state index is 4.56. The molecule has 0 spiro atoms. The van der Waals surface area contributed by atoms with Crippen molar-refractivity contribution in [1.82, 2.24) is 9.97 Å². The molecule has 8 aromatic rings. The standard InChI is InChI=1S/C40H26N2/c1-2-10-27(11-3-1)39-34-15-4-6-17-36(34)40(37-18-7-5-16-35(37)39)30-13-8-12-28(22-30)29-19-20-33-32(23-29)25-42-26-38(33)31-14-9-21-41-24-31/h1-26H. The molecule has 0 atom stereocenters. The van der Waals surface area contributed by atoms with Gasteiger partial charge in [0.1, 0.15) is 0 Å². The number of aromatic nitrogens is 2. The molecule has 2 heterocycles. The molecule has 42 heavy (non-hydrogen) atoms. The van der Waals surface area contributed by atoms with Crippen molar-refractivity contribution in [3.63, 3.8) is 0 Å². The van der Waals surface area contributed by atoms with Crippen LogP contribution < -0.4 is 0 Å². The van der Waals surface area contributed by atoms with E-state index in [0.29, 0.717) is 0 Å². The van der Waals surface area contributed by atoms with Gasteiger partial charge in [0.05, 0.1) is 0 Å². The lowest BCUT2D eigenvalue weighted by molar-refractivity contribution is 1.31. The van der Waals surface area contributed by atoms with Crippen LogP contribution in [0.15, 0.2) is 158 Å². The maximum Gasteiger partial charge on any atom is 0.0353 e. The Morgan fingerprint density at radius 2 is 0.929 bits per heavy atom. The van der Waals surface area contributed by atoms with Crippen LogP contribution in [-0.2, 0) is 0 Å². The molecule has 0 saturated carbocycles. The molecule has 8 rings (SSSR count). The first-order chi connectivity index (χ1) is 20.8. The topological polar surface area (TPSA) is 25.8 Å². The van der Waals surface area contributed by atoms with E-state index in [1.807, 2.05) is 24.7 Å². The van der Waals surface area contributed by atoms with Gasteiger partial charge in [0.2, 0.25) is 0 Å². The minimum absolute atomic E-state index is 1.07. The molecule has 0 unspecified atom stereocenters. The van der Waals surface area contributed by atoms with Gasteiger partial charge >= 0.3 is 0 Å². The average Bonchev–Trinajstić information content (AvgIpc) is 3.07. The fourth-order valence-electron chi connectivity index (χ4n) is 6.32. The second-order valence-electron chi connectivity index (χ2n) is 10.7. The van der Waals surface area contributed by atoms with E-state index in [1.54, 1.807) is 6.20 Å². The molecule has 0 bridgehead atoms. The van der Waals surface area contributed by atoms with Gasteiger partial charge in [-0.05, 0) is 78.5 Å². The van der Waals surface area contributed by atoms with Crippen molar-refractivity contribution < 1.29 is 0 Å². The van der Waals surface area contributed by atoms with Crippen molar-refractivity contribution in [2.24, 2.45) is 0 Å². The molecule has 0 fully saturated rings. The van der Waals surface area contributed by atoms with Gasteiger partial charge in [-0.25, -0.2) is 0 Å². The third-order valence-electron chi connectivity index (χ3n) is 8.21. The molecule has 2 aromatic heterocycles. The number of nitrogens with zero attached hydrogens (tertiary/aromatic N) is 2. The SMILES string of the molecule is c1ccc(-c2c3ccccc3c(-c3cccc(-c4ccc5c(-c6cccnc6)cncc5c4)c3)c3ccccc23)cc1. The predicted octanol–water partition coefficient (Wildman–Crippen LogP) is 10.6. The van der Waals surface area contributed by atoms with Crippen molar-refractivity contribution in [1.29, 1.82) is 0 Å². The smallest absolute Gasteiger partial charge is 0.0353 e. The molecule has 196 valence electrons. The fourth-order valence-corrected chi connectivity index (χ4v) is 6.32. The number of hydrogen-bond acceptors (Lipinski definition) is 2. The molecule has 2 nitrogen and oxygen atoms in total. The van der Waals surface area contributed by atoms with E-state index < -0.39 is 0 Å². The van der Waals surface area contributed by atoms with Crippen LogP contribution in [0.1, 0.15) is 0 Å². The van der Waals surface area contributed by atoms with Gasteiger partial charge < -0.3 is 0 Å². The minimum Gasteiger partial charge on any atom is -0.264 e. The lowest BCUT2D eigenvalue weighted by Gasteiger charge is -2.18. The zero-order valence-corrected chi connectivity index (χ0v) is 22.9. The summed E-state index contributed by atoms with van der Waals surface area (Å²) in [5, 5.41) is 7.34. The van der Waals surface area contributed by atoms with Crippen molar-refractivity contribution in [2.45, 2.75) is 0 Å². The van der Waals surface area contributed by atoms with E-state index in [4.69, 9.17) is 0 Å². The van der Waals surface area contributed by atoms with Crippen LogP contribution in [0.25, 0.3) is 76.8 Å². The molecule has 6 aromatic carbocycles. The molecular weight excluding hydrogens is 508 g/mol. The second-order valence-corrected chi connectivity index (χ2v) is 10.7. The average molecular weight is 535 g/mol. The Morgan fingerprint density at radius 1 is 0.333 bits per heavy atom. The lowest BCUT2D eigenvalue weighted by Crippen LogP contribution is -1.91. The number of benzene rings is 6. The Labute approximate surface area is 244 Å². The Morgan fingerprint density at radius 3 is 1.62 bits per heavy atom. The molecule has 0 saturated heterocycles. The van der Waals surface area contributed by atoms with Crippen LogP contribution >= 0.6 is 0 Å². The molecule has 0 N–H and O–H groups in total. The number of fused-ring (bicyclic) bond motifs is 3. The Balaban J connectivity index is 1.32. The zero-order valence-electron chi connectivity index (χ0n) is 22.9. The van der Waals surface area contributed by atoms with Crippen LogP contribution in [-0.4, -0.2) is 9.97 Å². The number of pyridine rings is 2. The van der Waals surface area contributed by atoms with E-state index in [2.05, 4.69) is 137 Å². The summed E-state index contributed by atoms with van der Waals surface area (Å²) in [6.45, 7) is 0. The van der Waals surface area contributed by atoms with Gasteiger partial charge in [0.15, 0.2) is 0 Å². The fraction of sp³-hybridized carbons (Fsp3) is 0.